The van der Waals surface area contributed by atoms with Crippen LogP contribution in [0.1, 0.15) is 6.42 Å². The van der Waals surface area contributed by atoms with Crippen LogP contribution in [0.15, 0.2) is 29.2 Å². The zero-order chi connectivity index (χ0) is 22.3. The standard InChI is InChI=1S/C19H27ClN4O6S/c20-15-2-4-16(5-3-15)31(27,28)24-7-1-11-30-17(24)14-22-19(26)18(25)21-6-8-23-9-12-29-13-10-23/h2-5,17H,1,6-14H2,(H,21,25)(H,22,26)/t17-/m1/s1. The predicted molar refractivity (Wildman–Crippen MR) is 113 cm³/mol. The molecule has 0 aliphatic carbocycles. The van der Waals surface area contributed by atoms with Crippen LogP contribution in [0, 0.1) is 0 Å². The fraction of sp³-hybridized carbons (Fsp3) is 0.579. The molecule has 31 heavy (non-hydrogen) atoms. The highest BCUT2D eigenvalue weighted by atomic mass is 35.5. The van der Waals surface area contributed by atoms with Gasteiger partial charge in [0.2, 0.25) is 10.0 Å². The van der Waals surface area contributed by atoms with Gasteiger partial charge in [-0.1, -0.05) is 11.6 Å². The minimum absolute atomic E-state index is 0.0829. The van der Waals surface area contributed by atoms with Crippen molar-refractivity contribution in [3.8, 4) is 0 Å². The van der Waals surface area contributed by atoms with Crippen LogP contribution in [0.5, 0.6) is 0 Å². The summed E-state index contributed by atoms with van der Waals surface area (Å²) in [6.45, 7) is 4.33. The molecule has 1 atom stereocenters. The number of carbonyl (C=O) groups excluding carboxylic acids is 2. The summed E-state index contributed by atoms with van der Waals surface area (Å²) >= 11 is 5.84. The zero-order valence-corrected chi connectivity index (χ0v) is 18.7. The molecule has 0 saturated carbocycles. The lowest BCUT2D eigenvalue weighted by Crippen LogP contribution is -2.53. The second-order valence-electron chi connectivity index (χ2n) is 7.17. The molecule has 10 nitrogen and oxygen atoms in total. The van der Waals surface area contributed by atoms with E-state index in [4.69, 9.17) is 21.1 Å². The van der Waals surface area contributed by atoms with Gasteiger partial charge in [-0.05, 0) is 30.7 Å². The van der Waals surface area contributed by atoms with Crippen LogP contribution in [0.3, 0.4) is 0 Å². The lowest BCUT2D eigenvalue weighted by molar-refractivity contribution is -0.140. The normalized spacial score (nSPS) is 20.9. The largest absolute Gasteiger partial charge is 0.379 e. The van der Waals surface area contributed by atoms with E-state index in [2.05, 4.69) is 15.5 Å². The van der Waals surface area contributed by atoms with Crippen molar-refractivity contribution >= 4 is 33.4 Å². The number of nitrogens with zero attached hydrogens (tertiary/aromatic N) is 2. The van der Waals surface area contributed by atoms with Gasteiger partial charge >= 0.3 is 11.8 Å². The number of carbonyl (C=O) groups is 2. The number of ether oxygens (including phenoxy) is 2. The SMILES string of the molecule is O=C(NCCN1CCOCC1)C(=O)NC[C@H]1OCCCN1S(=O)(=O)c1ccc(Cl)cc1. The Morgan fingerprint density at radius 2 is 1.71 bits per heavy atom. The van der Waals surface area contributed by atoms with Crippen LogP contribution in [0.25, 0.3) is 0 Å². The van der Waals surface area contributed by atoms with Crippen molar-refractivity contribution in [1.29, 1.82) is 0 Å². The zero-order valence-electron chi connectivity index (χ0n) is 17.1. The molecule has 3 rings (SSSR count). The van der Waals surface area contributed by atoms with Gasteiger partial charge in [-0.3, -0.25) is 14.5 Å². The van der Waals surface area contributed by atoms with Crippen LogP contribution < -0.4 is 10.6 Å². The number of sulfonamides is 1. The van der Waals surface area contributed by atoms with Gasteiger partial charge in [0, 0.05) is 37.7 Å². The fourth-order valence-corrected chi connectivity index (χ4v) is 5.03. The molecule has 2 fully saturated rings. The first-order chi connectivity index (χ1) is 14.9. The van der Waals surface area contributed by atoms with Gasteiger partial charge in [-0.15, -0.1) is 0 Å². The summed E-state index contributed by atoms with van der Waals surface area (Å²) in [4.78, 5) is 26.4. The highest BCUT2D eigenvalue weighted by Gasteiger charge is 2.34. The summed E-state index contributed by atoms with van der Waals surface area (Å²) in [7, 11) is -3.84. The van der Waals surface area contributed by atoms with Crippen LogP contribution >= 0.6 is 11.6 Å². The van der Waals surface area contributed by atoms with Crippen LogP contribution in [0.4, 0.5) is 0 Å². The molecular weight excluding hydrogens is 448 g/mol. The second kappa shape index (κ2) is 11.2. The number of halogens is 1. The van der Waals surface area contributed by atoms with Crippen molar-refractivity contribution in [3.05, 3.63) is 29.3 Å². The van der Waals surface area contributed by atoms with E-state index in [9.17, 15) is 18.0 Å². The molecule has 2 N–H and O–H groups in total. The molecule has 1 aromatic carbocycles. The quantitative estimate of drug-likeness (QED) is 0.518. The number of hydrogen-bond acceptors (Lipinski definition) is 7. The summed E-state index contributed by atoms with van der Waals surface area (Å²) in [6.07, 6.45) is -0.376. The Labute approximate surface area is 186 Å². The number of nitrogens with one attached hydrogen (secondary N) is 2. The third-order valence-corrected chi connectivity index (χ3v) is 7.19. The fourth-order valence-electron chi connectivity index (χ4n) is 3.34. The summed E-state index contributed by atoms with van der Waals surface area (Å²) < 4.78 is 38.0. The molecule has 2 saturated heterocycles. The van der Waals surface area contributed by atoms with Gasteiger partial charge in [0.15, 0.2) is 0 Å². The monoisotopic (exact) mass is 474 g/mol. The number of morpholine rings is 1. The van der Waals surface area contributed by atoms with Gasteiger partial charge in [0.25, 0.3) is 0 Å². The second-order valence-corrected chi connectivity index (χ2v) is 9.50. The van der Waals surface area contributed by atoms with Gasteiger partial charge in [-0.2, -0.15) is 4.31 Å². The Morgan fingerprint density at radius 1 is 1.03 bits per heavy atom. The Bertz CT molecular complexity index is 861. The minimum Gasteiger partial charge on any atom is -0.379 e. The molecule has 172 valence electrons. The maximum Gasteiger partial charge on any atom is 0.309 e. The molecule has 2 amide bonds. The topological polar surface area (TPSA) is 117 Å². The lowest BCUT2D eigenvalue weighted by Gasteiger charge is -2.34. The first-order valence-corrected chi connectivity index (χ1v) is 11.9. The number of benzene rings is 1. The Morgan fingerprint density at radius 3 is 2.42 bits per heavy atom. The molecule has 1 aromatic rings. The van der Waals surface area contributed by atoms with Crippen molar-refractivity contribution < 1.29 is 27.5 Å². The first kappa shape index (κ1) is 23.9. The van der Waals surface area contributed by atoms with Crippen molar-refractivity contribution in [1.82, 2.24) is 19.8 Å². The van der Waals surface area contributed by atoms with E-state index >= 15 is 0 Å². The van der Waals surface area contributed by atoms with Gasteiger partial charge in [0.1, 0.15) is 6.23 Å². The number of rotatable bonds is 7. The first-order valence-electron chi connectivity index (χ1n) is 10.1. The summed E-state index contributed by atoms with van der Waals surface area (Å²) in [5, 5.41) is 5.47. The van der Waals surface area contributed by atoms with Crippen molar-refractivity contribution in [3.63, 3.8) is 0 Å². The van der Waals surface area contributed by atoms with Gasteiger partial charge in [-0.25, -0.2) is 8.42 Å². The van der Waals surface area contributed by atoms with Crippen molar-refractivity contribution in [2.75, 3.05) is 59.1 Å². The van der Waals surface area contributed by atoms with Gasteiger partial charge < -0.3 is 20.1 Å². The summed E-state index contributed by atoms with van der Waals surface area (Å²) in [6, 6.07) is 5.84. The maximum absolute atomic E-state index is 13.0. The maximum atomic E-state index is 13.0. The van der Waals surface area contributed by atoms with E-state index in [-0.39, 0.29) is 18.0 Å². The van der Waals surface area contributed by atoms with E-state index < -0.39 is 28.1 Å². The molecule has 2 aliphatic rings. The Balaban J connectivity index is 1.50. The molecular formula is C19H27ClN4O6S. The third-order valence-electron chi connectivity index (χ3n) is 5.04. The highest BCUT2D eigenvalue weighted by molar-refractivity contribution is 7.89. The molecule has 2 aliphatic heterocycles. The van der Waals surface area contributed by atoms with Gasteiger partial charge in [0.05, 0.1) is 31.3 Å². The number of amides is 2. The van der Waals surface area contributed by atoms with Crippen LogP contribution in [-0.4, -0.2) is 94.8 Å². The van der Waals surface area contributed by atoms with Crippen LogP contribution in [-0.2, 0) is 29.1 Å². The predicted octanol–water partition coefficient (Wildman–Crippen LogP) is -0.358. The Kier molecular flexibility index (Phi) is 8.64. The summed E-state index contributed by atoms with van der Waals surface area (Å²) in [5.74, 6) is -1.60. The van der Waals surface area contributed by atoms with E-state index in [1.165, 1.54) is 28.6 Å². The molecule has 12 heteroatoms. The van der Waals surface area contributed by atoms with E-state index in [1.807, 2.05) is 0 Å². The minimum atomic E-state index is -3.84. The van der Waals surface area contributed by atoms with E-state index in [0.717, 1.165) is 13.1 Å². The van der Waals surface area contributed by atoms with E-state index in [1.54, 1.807) is 0 Å². The highest BCUT2D eigenvalue weighted by Crippen LogP contribution is 2.23. The molecule has 2 heterocycles. The van der Waals surface area contributed by atoms with Crippen molar-refractivity contribution in [2.45, 2.75) is 17.5 Å². The third kappa shape index (κ3) is 6.61. The van der Waals surface area contributed by atoms with Crippen LogP contribution in [0.2, 0.25) is 5.02 Å². The average molecular weight is 475 g/mol. The van der Waals surface area contributed by atoms with Crippen molar-refractivity contribution in [2.24, 2.45) is 0 Å². The molecule has 0 spiro atoms. The smallest absolute Gasteiger partial charge is 0.309 e. The number of hydrogen-bond donors (Lipinski definition) is 2. The molecule has 0 bridgehead atoms. The lowest BCUT2D eigenvalue weighted by atomic mass is 10.3. The summed E-state index contributed by atoms with van der Waals surface area (Å²) in [5.41, 5.74) is 0. The Hall–Kier alpha value is -1.76. The molecule has 0 radical (unpaired) electrons. The molecule has 0 unspecified atom stereocenters. The average Bonchev–Trinajstić information content (AvgIpc) is 2.78. The van der Waals surface area contributed by atoms with E-state index in [0.29, 0.717) is 44.4 Å². The molecule has 0 aromatic heterocycles.